The molecule has 0 radical (unpaired) electrons. The van der Waals surface area contributed by atoms with Gasteiger partial charge < -0.3 is 9.84 Å². The van der Waals surface area contributed by atoms with Gasteiger partial charge in [0.05, 0.1) is 19.4 Å². The molecule has 84 valence electrons. The third kappa shape index (κ3) is 2.40. The highest BCUT2D eigenvalue weighted by atomic mass is 32.1. The van der Waals surface area contributed by atoms with Gasteiger partial charge in [-0.05, 0) is 17.5 Å². The minimum absolute atomic E-state index is 0.545. The highest BCUT2D eigenvalue weighted by Crippen LogP contribution is 2.27. The second kappa shape index (κ2) is 5.09. The summed E-state index contributed by atoms with van der Waals surface area (Å²) in [6.07, 6.45) is 3.34. The summed E-state index contributed by atoms with van der Waals surface area (Å²) < 4.78 is 5.17. The van der Waals surface area contributed by atoms with E-state index >= 15 is 0 Å². The van der Waals surface area contributed by atoms with Gasteiger partial charge in [0.2, 0.25) is 0 Å². The smallest absolute Gasteiger partial charge is 0.142 e. The van der Waals surface area contributed by atoms with Crippen LogP contribution in [0.4, 0.5) is 0 Å². The maximum absolute atomic E-state index is 10.1. The standard InChI is InChI=1S/C12H13NO2S/c1-15-12-8-13-5-4-10(12)11(14)7-9-3-2-6-16-9/h2-6,8,11,14H,7H2,1H3. The van der Waals surface area contributed by atoms with Gasteiger partial charge in [0, 0.05) is 23.1 Å². The van der Waals surface area contributed by atoms with E-state index in [0.717, 1.165) is 10.4 Å². The molecule has 0 aliphatic carbocycles. The maximum Gasteiger partial charge on any atom is 0.142 e. The predicted octanol–water partition coefficient (Wildman–Crippen LogP) is 2.43. The minimum Gasteiger partial charge on any atom is -0.495 e. The third-order valence-electron chi connectivity index (χ3n) is 2.37. The van der Waals surface area contributed by atoms with Crippen LogP contribution < -0.4 is 4.74 Å². The number of methoxy groups -OCH3 is 1. The Balaban J connectivity index is 2.17. The van der Waals surface area contributed by atoms with Gasteiger partial charge >= 0.3 is 0 Å². The fourth-order valence-electron chi connectivity index (χ4n) is 1.57. The lowest BCUT2D eigenvalue weighted by atomic mass is 10.1. The van der Waals surface area contributed by atoms with Gasteiger partial charge in [0.1, 0.15) is 5.75 Å². The molecule has 0 amide bonds. The second-order valence-corrected chi connectivity index (χ2v) is 4.45. The zero-order valence-electron chi connectivity index (χ0n) is 8.96. The van der Waals surface area contributed by atoms with E-state index in [2.05, 4.69) is 4.98 Å². The number of thiophene rings is 1. The molecular weight excluding hydrogens is 222 g/mol. The summed E-state index contributed by atoms with van der Waals surface area (Å²) in [5, 5.41) is 12.1. The molecule has 2 aromatic heterocycles. The van der Waals surface area contributed by atoms with Gasteiger partial charge in [-0.2, -0.15) is 0 Å². The van der Waals surface area contributed by atoms with Crippen LogP contribution in [0.15, 0.2) is 36.0 Å². The Bertz CT molecular complexity index is 442. The largest absolute Gasteiger partial charge is 0.495 e. The lowest BCUT2D eigenvalue weighted by Crippen LogP contribution is -2.03. The van der Waals surface area contributed by atoms with Crippen molar-refractivity contribution < 1.29 is 9.84 Å². The molecule has 0 aromatic carbocycles. The molecular formula is C12H13NO2S. The molecule has 0 aliphatic heterocycles. The molecule has 0 spiro atoms. The average molecular weight is 235 g/mol. The number of rotatable bonds is 4. The van der Waals surface area contributed by atoms with Gasteiger partial charge in [0.15, 0.2) is 0 Å². The summed E-state index contributed by atoms with van der Waals surface area (Å²) >= 11 is 1.64. The highest BCUT2D eigenvalue weighted by Gasteiger charge is 2.13. The lowest BCUT2D eigenvalue weighted by Gasteiger charge is -2.13. The van der Waals surface area contributed by atoms with E-state index in [9.17, 15) is 5.11 Å². The summed E-state index contributed by atoms with van der Waals surface area (Å²) in [6.45, 7) is 0. The molecule has 2 aromatic rings. The Morgan fingerprint density at radius 1 is 1.50 bits per heavy atom. The normalized spacial score (nSPS) is 12.4. The van der Waals surface area contributed by atoms with E-state index in [1.54, 1.807) is 36.9 Å². The Morgan fingerprint density at radius 2 is 2.38 bits per heavy atom. The number of aromatic nitrogens is 1. The average Bonchev–Trinajstić information content (AvgIpc) is 2.81. The first kappa shape index (κ1) is 11.1. The van der Waals surface area contributed by atoms with Crippen molar-refractivity contribution in [3.63, 3.8) is 0 Å². The molecule has 1 N–H and O–H groups in total. The molecule has 2 heterocycles. The molecule has 2 rings (SSSR count). The third-order valence-corrected chi connectivity index (χ3v) is 3.27. The first-order valence-electron chi connectivity index (χ1n) is 4.99. The number of aliphatic hydroxyl groups is 1. The fraction of sp³-hybridized carbons (Fsp3) is 0.250. The van der Waals surface area contributed by atoms with Gasteiger partial charge in [-0.15, -0.1) is 11.3 Å². The first-order valence-corrected chi connectivity index (χ1v) is 5.87. The van der Waals surface area contributed by atoms with Crippen molar-refractivity contribution in [2.24, 2.45) is 0 Å². The van der Waals surface area contributed by atoms with Crippen LogP contribution in [0, 0.1) is 0 Å². The minimum atomic E-state index is -0.545. The van der Waals surface area contributed by atoms with Crippen molar-refractivity contribution in [2.45, 2.75) is 12.5 Å². The molecule has 4 heteroatoms. The van der Waals surface area contributed by atoms with E-state index < -0.39 is 6.10 Å². The van der Waals surface area contributed by atoms with Crippen molar-refractivity contribution in [3.05, 3.63) is 46.4 Å². The van der Waals surface area contributed by atoms with E-state index in [4.69, 9.17) is 4.74 Å². The van der Waals surface area contributed by atoms with Crippen LogP contribution in [0.25, 0.3) is 0 Å². The number of pyridine rings is 1. The highest BCUT2D eigenvalue weighted by molar-refractivity contribution is 7.09. The number of hydrogen-bond acceptors (Lipinski definition) is 4. The molecule has 3 nitrogen and oxygen atoms in total. The molecule has 0 saturated carbocycles. The van der Waals surface area contributed by atoms with Crippen LogP contribution in [0.3, 0.4) is 0 Å². The van der Waals surface area contributed by atoms with Crippen molar-refractivity contribution in [1.82, 2.24) is 4.98 Å². The van der Waals surface area contributed by atoms with Crippen LogP contribution in [0.1, 0.15) is 16.5 Å². The number of hydrogen-bond donors (Lipinski definition) is 1. The zero-order valence-corrected chi connectivity index (χ0v) is 9.78. The Hall–Kier alpha value is -1.39. The number of nitrogens with zero attached hydrogens (tertiary/aromatic N) is 1. The zero-order chi connectivity index (χ0) is 11.4. The topological polar surface area (TPSA) is 42.4 Å². The van der Waals surface area contributed by atoms with E-state index in [0.29, 0.717) is 12.2 Å². The number of ether oxygens (including phenoxy) is 1. The Kier molecular flexibility index (Phi) is 3.54. The summed E-state index contributed by atoms with van der Waals surface area (Å²) in [5.74, 6) is 0.631. The molecule has 0 aliphatic rings. The van der Waals surface area contributed by atoms with Crippen molar-refractivity contribution in [2.75, 3.05) is 7.11 Å². The molecule has 1 unspecified atom stereocenters. The van der Waals surface area contributed by atoms with Gasteiger partial charge in [-0.1, -0.05) is 6.07 Å². The quantitative estimate of drug-likeness (QED) is 0.885. The molecule has 0 fully saturated rings. The Labute approximate surface area is 98.4 Å². The second-order valence-electron chi connectivity index (χ2n) is 3.42. The van der Waals surface area contributed by atoms with Crippen molar-refractivity contribution >= 4 is 11.3 Å². The summed E-state index contributed by atoms with van der Waals surface area (Å²) in [6, 6.07) is 5.79. The fourth-order valence-corrected chi connectivity index (χ4v) is 2.31. The first-order chi connectivity index (χ1) is 7.81. The van der Waals surface area contributed by atoms with E-state index in [1.165, 1.54) is 0 Å². The van der Waals surface area contributed by atoms with Crippen molar-refractivity contribution in [3.8, 4) is 5.75 Å². The Morgan fingerprint density at radius 3 is 3.06 bits per heavy atom. The summed E-state index contributed by atoms with van der Waals surface area (Å²) in [4.78, 5) is 5.12. The van der Waals surface area contributed by atoms with Crippen LogP contribution in [-0.2, 0) is 6.42 Å². The summed E-state index contributed by atoms with van der Waals surface area (Å²) in [7, 11) is 1.58. The van der Waals surface area contributed by atoms with E-state index in [1.807, 2.05) is 17.5 Å². The van der Waals surface area contributed by atoms with Gasteiger partial charge in [-0.25, -0.2) is 0 Å². The molecule has 0 bridgehead atoms. The maximum atomic E-state index is 10.1. The summed E-state index contributed by atoms with van der Waals surface area (Å²) in [5.41, 5.74) is 0.783. The molecule has 1 atom stereocenters. The van der Waals surface area contributed by atoms with Crippen molar-refractivity contribution in [1.29, 1.82) is 0 Å². The molecule has 16 heavy (non-hydrogen) atoms. The predicted molar refractivity (Wildman–Crippen MR) is 63.8 cm³/mol. The van der Waals surface area contributed by atoms with Crippen LogP contribution >= 0.6 is 11.3 Å². The SMILES string of the molecule is COc1cnccc1C(O)Cc1cccs1. The van der Waals surface area contributed by atoms with Gasteiger partial charge in [-0.3, -0.25) is 4.98 Å². The van der Waals surface area contributed by atoms with Crippen LogP contribution in [0.5, 0.6) is 5.75 Å². The van der Waals surface area contributed by atoms with Crippen LogP contribution in [-0.4, -0.2) is 17.2 Å². The lowest BCUT2D eigenvalue weighted by molar-refractivity contribution is 0.175. The van der Waals surface area contributed by atoms with Crippen LogP contribution in [0.2, 0.25) is 0 Å². The number of aliphatic hydroxyl groups excluding tert-OH is 1. The van der Waals surface area contributed by atoms with Gasteiger partial charge in [0.25, 0.3) is 0 Å². The monoisotopic (exact) mass is 235 g/mol. The molecule has 0 saturated heterocycles. The van der Waals surface area contributed by atoms with E-state index in [-0.39, 0.29) is 0 Å².